The Kier molecular flexibility index (Phi) is 22.9. The maximum absolute atomic E-state index is 4.79. The van der Waals surface area contributed by atoms with Gasteiger partial charge in [0.15, 0.2) is 0 Å². The van der Waals surface area contributed by atoms with E-state index in [4.69, 9.17) is 15.0 Å². The monoisotopic (exact) mass is 1050 g/mol. The number of hydrogen-bond donors (Lipinski definition) is 1. The Morgan fingerprint density at radius 2 is 0.697 bits per heavy atom. The zero-order valence-corrected chi connectivity index (χ0v) is 48.1. The third kappa shape index (κ3) is 18.9. The third-order valence-corrected chi connectivity index (χ3v) is 10.2. The summed E-state index contributed by atoms with van der Waals surface area (Å²) in [7, 11) is 0. The number of hydrogen-bond acceptors (Lipinski definition) is 4. The van der Waals surface area contributed by atoms with Gasteiger partial charge in [0.2, 0.25) is 0 Å². The van der Waals surface area contributed by atoms with E-state index in [1.54, 1.807) is 0 Å². The molecule has 3 aromatic carbocycles. The number of rotatable bonds is 9. The first-order chi connectivity index (χ1) is 29.3. The van der Waals surface area contributed by atoms with Crippen molar-refractivity contribution in [2.45, 2.75) is 125 Å². The Morgan fingerprint density at radius 3 is 0.985 bits per heavy atom. The first-order valence-corrected chi connectivity index (χ1v) is 22.5. The normalized spacial score (nSPS) is 11.0. The summed E-state index contributed by atoms with van der Waals surface area (Å²) < 4.78 is 0. The molecule has 0 atom stereocenters. The Labute approximate surface area is 421 Å². The fraction of sp³-hybridized carbons (Fsp3) is 0.407. The van der Waals surface area contributed by atoms with Crippen molar-refractivity contribution in [3.05, 3.63) is 167 Å². The SMILES string of the molecule is Cc1cc(C)c(-c2cccc(NCC(C)(C)C)n2)c(C)c1.Cc1cc(C)c(-c2cccc([N-]CC(C)(C)C)n2)c(C)c1.Cc1cc(C)c(-c2cccc([N-]CC(C)(C)C)n2)c(C)c1.[CH3-].[CH3-].[Hf+4]. The summed E-state index contributed by atoms with van der Waals surface area (Å²) >= 11 is 0. The molecule has 0 saturated carbocycles. The molecular weight excluding hydrogens is 971 g/mol. The van der Waals surface area contributed by atoms with E-state index in [1.165, 1.54) is 66.8 Å². The molecule has 3 heterocycles. The van der Waals surface area contributed by atoms with Gasteiger partial charge in [-0.25, -0.2) is 4.98 Å². The molecule has 0 aliphatic heterocycles. The van der Waals surface area contributed by atoms with E-state index >= 15 is 0 Å². The van der Waals surface area contributed by atoms with Crippen molar-refractivity contribution in [1.29, 1.82) is 0 Å². The van der Waals surface area contributed by atoms with E-state index in [2.05, 4.69) is 201 Å². The van der Waals surface area contributed by atoms with Crippen LogP contribution in [0.25, 0.3) is 44.4 Å². The zero-order chi connectivity index (χ0) is 46.9. The molecule has 7 heteroatoms. The van der Waals surface area contributed by atoms with Crippen molar-refractivity contribution in [3.8, 4) is 33.8 Å². The van der Waals surface area contributed by atoms with Crippen LogP contribution in [0.5, 0.6) is 0 Å². The molecule has 6 aromatic rings. The van der Waals surface area contributed by atoms with Gasteiger partial charge < -0.3 is 40.8 Å². The zero-order valence-electron chi connectivity index (χ0n) is 44.5. The third-order valence-electron chi connectivity index (χ3n) is 10.2. The molecule has 0 fully saturated rings. The van der Waals surface area contributed by atoms with Crippen LogP contribution in [-0.2, 0) is 25.8 Å². The average molecular weight is 1050 g/mol. The Bertz CT molecular complexity index is 2120. The molecule has 6 nitrogen and oxygen atoms in total. The molecule has 6 rings (SSSR count). The van der Waals surface area contributed by atoms with E-state index in [9.17, 15) is 0 Å². The van der Waals surface area contributed by atoms with Gasteiger partial charge in [-0.2, -0.15) is 0 Å². The van der Waals surface area contributed by atoms with Gasteiger partial charge in [0.05, 0.1) is 5.69 Å². The van der Waals surface area contributed by atoms with Crippen LogP contribution in [0.2, 0.25) is 0 Å². The molecule has 0 aliphatic rings. The number of benzene rings is 3. The van der Waals surface area contributed by atoms with Crippen molar-refractivity contribution in [1.82, 2.24) is 15.0 Å². The summed E-state index contributed by atoms with van der Waals surface area (Å²) in [6.07, 6.45) is 0. The summed E-state index contributed by atoms with van der Waals surface area (Å²) in [5, 5.41) is 12.7. The first kappa shape index (κ1) is 59.4. The quantitative estimate of drug-likeness (QED) is 0.116. The van der Waals surface area contributed by atoms with Crippen LogP contribution in [0.1, 0.15) is 112 Å². The molecule has 66 heavy (non-hydrogen) atoms. The van der Waals surface area contributed by atoms with Gasteiger partial charge in [-0.05, 0) is 160 Å². The fourth-order valence-corrected chi connectivity index (χ4v) is 7.72. The van der Waals surface area contributed by atoms with Crippen LogP contribution < -0.4 is 5.32 Å². The van der Waals surface area contributed by atoms with Gasteiger partial charge in [0, 0.05) is 12.1 Å². The summed E-state index contributed by atoms with van der Waals surface area (Å²) in [6.45, 7) is 41.6. The second-order valence-corrected chi connectivity index (χ2v) is 21.2. The summed E-state index contributed by atoms with van der Waals surface area (Å²) in [6, 6.07) is 31.7. The second kappa shape index (κ2) is 25.5. The smallest absolute Gasteiger partial charge is 0.465 e. The minimum atomic E-state index is 0. The number of anilines is 1. The number of pyridine rings is 3. The van der Waals surface area contributed by atoms with Gasteiger partial charge in [-0.3, -0.25) is 0 Å². The predicted octanol–water partition coefficient (Wildman–Crippen LogP) is 17.5. The van der Waals surface area contributed by atoms with Gasteiger partial charge in [-0.1, -0.05) is 170 Å². The molecule has 0 unspecified atom stereocenters. The molecule has 352 valence electrons. The van der Waals surface area contributed by atoms with Crippen molar-refractivity contribution in [2.75, 3.05) is 25.0 Å². The van der Waals surface area contributed by atoms with Crippen LogP contribution in [0, 0.1) is 93.4 Å². The number of aromatic nitrogens is 3. The van der Waals surface area contributed by atoms with E-state index < -0.39 is 0 Å². The number of nitrogens with zero attached hydrogens (tertiary/aromatic N) is 5. The molecule has 1 N–H and O–H groups in total. The van der Waals surface area contributed by atoms with E-state index in [0.29, 0.717) is 0 Å². The topological polar surface area (TPSA) is 78.9 Å². The number of nitrogens with one attached hydrogen (secondary N) is 1. The Hall–Kier alpha value is -4.62. The van der Waals surface area contributed by atoms with Crippen LogP contribution >= 0.6 is 0 Å². The summed E-state index contributed by atoms with van der Waals surface area (Å²) in [5.74, 6) is 2.59. The minimum absolute atomic E-state index is 0. The van der Waals surface area contributed by atoms with E-state index in [0.717, 1.165) is 54.2 Å². The Morgan fingerprint density at radius 1 is 0.409 bits per heavy atom. The first-order valence-electron chi connectivity index (χ1n) is 22.5. The van der Waals surface area contributed by atoms with Crippen LogP contribution in [-0.4, -0.2) is 34.6 Å². The summed E-state index contributed by atoms with van der Waals surface area (Å²) in [4.78, 5) is 14.2. The largest absolute Gasteiger partial charge is 4.00 e. The molecule has 0 bridgehead atoms. The molecular formula is C59H82HfN6. The average Bonchev–Trinajstić information content (AvgIpc) is 3.15. The molecule has 0 aliphatic carbocycles. The van der Waals surface area contributed by atoms with Gasteiger partial charge in [0.1, 0.15) is 5.82 Å². The van der Waals surface area contributed by atoms with Gasteiger partial charge >= 0.3 is 25.8 Å². The molecule has 0 saturated heterocycles. The standard InChI is InChI=1S/C19H26N2.2C19H25N2.2CH3.Hf/c3*1-13-10-14(2)18(15(3)11-13)16-8-7-9-17(21-16)20-12-19(4,5)6;;;/h7-11H,12H2,1-6H3,(H,20,21);2*7-11H,12H2,1-6H3;2*1H3;/q;4*-1;+4. The van der Waals surface area contributed by atoms with E-state index in [1.807, 2.05) is 30.3 Å². The van der Waals surface area contributed by atoms with Crippen molar-refractivity contribution < 1.29 is 25.8 Å². The van der Waals surface area contributed by atoms with Crippen molar-refractivity contribution in [3.63, 3.8) is 0 Å². The van der Waals surface area contributed by atoms with Crippen molar-refractivity contribution in [2.24, 2.45) is 16.2 Å². The number of aryl methyl sites for hydroxylation is 9. The van der Waals surface area contributed by atoms with Crippen LogP contribution in [0.4, 0.5) is 17.5 Å². The maximum atomic E-state index is 4.79. The Balaban J connectivity index is 0.000000484. The molecule has 0 radical (unpaired) electrons. The minimum Gasteiger partial charge on any atom is -0.465 e. The molecule has 0 spiro atoms. The second-order valence-electron chi connectivity index (χ2n) is 21.2. The van der Waals surface area contributed by atoms with Crippen LogP contribution in [0.3, 0.4) is 0 Å². The predicted molar refractivity (Wildman–Crippen MR) is 287 cm³/mol. The fourth-order valence-electron chi connectivity index (χ4n) is 7.72. The van der Waals surface area contributed by atoms with E-state index in [-0.39, 0.29) is 56.9 Å². The van der Waals surface area contributed by atoms with Crippen molar-refractivity contribution >= 4 is 17.5 Å². The summed E-state index contributed by atoms with van der Waals surface area (Å²) in [5.41, 5.74) is 18.9. The molecule has 3 aromatic heterocycles. The molecule has 0 amide bonds. The van der Waals surface area contributed by atoms with Gasteiger partial charge in [0.25, 0.3) is 0 Å². The van der Waals surface area contributed by atoms with Crippen LogP contribution in [0.15, 0.2) is 91.0 Å². The maximum Gasteiger partial charge on any atom is 4.00 e. The van der Waals surface area contributed by atoms with Gasteiger partial charge in [-0.15, -0.1) is 0 Å².